The van der Waals surface area contributed by atoms with Crippen LogP contribution in [0.4, 0.5) is 0 Å². The Balaban J connectivity index is 0.00000420. The molecule has 0 saturated carbocycles. The van der Waals surface area contributed by atoms with Gasteiger partial charge in [0.1, 0.15) is 17.1 Å². The zero-order valence-corrected chi connectivity index (χ0v) is 19.2. The molecule has 1 aromatic carbocycles. The van der Waals surface area contributed by atoms with Crippen molar-refractivity contribution in [3.8, 4) is 5.75 Å². The second kappa shape index (κ2) is 12.3. The average Bonchev–Trinajstić information content (AvgIpc) is 3.25. The molecule has 0 aliphatic rings. The Kier molecular flexibility index (Phi) is 10.5. The second-order valence-electron chi connectivity index (χ2n) is 6.36. The molecule has 0 aliphatic carbocycles. The Hall–Kier alpha value is -2.27. The molecule has 1 atom stereocenters. The van der Waals surface area contributed by atoms with Crippen molar-refractivity contribution in [2.75, 3.05) is 33.3 Å². The van der Waals surface area contributed by atoms with Gasteiger partial charge in [-0.05, 0) is 50.2 Å². The van der Waals surface area contributed by atoms with Crippen LogP contribution in [-0.2, 0) is 5.60 Å². The molecule has 0 saturated heterocycles. The van der Waals surface area contributed by atoms with Gasteiger partial charge in [-0.25, -0.2) is 4.99 Å². The summed E-state index contributed by atoms with van der Waals surface area (Å²) in [7, 11) is 1.58. The number of nitrogens with zero attached hydrogens (tertiary/aromatic N) is 1. The number of rotatable bonds is 9. The molecule has 1 unspecified atom stereocenters. The van der Waals surface area contributed by atoms with Crippen molar-refractivity contribution in [2.45, 2.75) is 19.4 Å². The van der Waals surface area contributed by atoms with Crippen LogP contribution >= 0.6 is 24.0 Å². The number of furan rings is 1. The first-order valence-corrected chi connectivity index (χ1v) is 9.17. The highest BCUT2D eigenvalue weighted by Crippen LogP contribution is 2.21. The third kappa shape index (κ3) is 7.94. The molecule has 0 bridgehead atoms. The van der Waals surface area contributed by atoms with Gasteiger partial charge in [-0.1, -0.05) is 0 Å². The summed E-state index contributed by atoms with van der Waals surface area (Å²) in [5.41, 5.74) is -0.634. The molecule has 1 aromatic heterocycles. The zero-order valence-electron chi connectivity index (χ0n) is 16.9. The first-order chi connectivity index (χ1) is 13.5. The minimum absolute atomic E-state index is 0. The largest absolute Gasteiger partial charge is 0.497 e. The van der Waals surface area contributed by atoms with E-state index >= 15 is 0 Å². The maximum absolute atomic E-state index is 12.1. The van der Waals surface area contributed by atoms with Gasteiger partial charge < -0.3 is 30.2 Å². The first kappa shape index (κ1) is 24.8. The number of carbonyl (C=O) groups excluding carboxylic acids is 1. The summed E-state index contributed by atoms with van der Waals surface area (Å²) in [5, 5.41) is 19.5. The topological polar surface area (TPSA) is 108 Å². The van der Waals surface area contributed by atoms with Gasteiger partial charge in [0.05, 0.1) is 19.9 Å². The van der Waals surface area contributed by atoms with E-state index in [1.807, 2.05) is 6.92 Å². The van der Waals surface area contributed by atoms with Gasteiger partial charge in [-0.15, -0.1) is 24.0 Å². The Bertz CT molecular complexity index is 761. The number of aliphatic imine (C=N–C) groups is 1. The zero-order chi connectivity index (χ0) is 20.4. The predicted molar refractivity (Wildman–Crippen MR) is 123 cm³/mol. The van der Waals surface area contributed by atoms with Crippen molar-refractivity contribution in [3.05, 3.63) is 54.0 Å². The Morgan fingerprint density at radius 2 is 1.86 bits per heavy atom. The number of aliphatic hydroxyl groups is 1. The Labute approximate surface area is 188 Å². The molecule has 8 nitrogen and oxygen atoms in total. The molecule has 0 fully saturated rings. The second-order valence-corrected chi connectivity index (χ2v) is 6.36. The highest BCUT2D eigenvalue weighted by molar-refractivity contribution is 14.0. The Morgan fingerprint density at radius 3 is 2.45 bits per heavy atom. The molecular formula is C20H29IN4O4. The SMILES string of the molecule is CCNC(=NCC(C)(O)c1ccco1)NCCNC(=O)c1ccc(OC)cc1.I. The van der Waals surface area contributed by atoms with Crippen molar-refractivity contribution in [2.24, 2.45) is 4.99 Å². The van der Waals surface area contributed by atoms with Crippen LogP contribution in [0.25, 0.3) is 0 Å². The molecular weight excluding hydrogens is 487 g/mol. The average molecular weight is 516 g/mol. The van der Waals surface area contributed by atoms with Crippen molar-refractivity contribution < 1.29 is 19.1 Å². The number of methoxy groups -OCH3 is 1. The summed E-state index contributed by atoms with van der Waals surface area (Å²) in [6.07, 6.45) is 1.52. The highest BCUT2D eigenvalue weighted by atomic mass is 127. The highest BCUT2D eigenvalue weighted by Gasteiger charge is 2.26. The molecule has 1 amide bonds. The molecule has 2 aromatic rings. The van der Waals surface area contributed by atoms with Gasteiger partial charge >= 0.3 is 0 Å². The first-order valence-electron chi connectivity index (χ1n) is 9.17. The fourth-order valence-electron chi connectivity index (χ4n) is 2.44. The van der Waals surface area contributed by atoms with E-state index in [4.69, 9.17) is 9.15 Å². The van der Waals surface area contributed by atoms with E-state index < -0.39 is 5.60 Å². The molecule has 4 N–H and O–H groups in total. The van der Waals surface area contributed by atoms with E-state index in [0.29, 0.717) is 42.7 Å². The van der Waals surface area contributed by atoms with Crippen molar-refractivity contribution in [1.29, 1.82) is 0 Å². The number of ether oxygens (including phenoxy) is 1. The van der Waals surface area contributed by atoms with Crippen LogP contribution in [0.15, 0.2) is 52.1 Å². The van der Waals surface area contributed by atoms with E-state index in [0.717, 1.165) is 0 Å². The number of guanidine groups is 1. The van der Waals surface area contributed by atoms with E-state index in [1.54, 1.807) is 50.4 Å². The number of hydrogen-bond donors (Lipinski definition) is 4. The van der Waals surface area contributed by atoms with Gasteiger partial charge in [-0.3, -0.25) is 4.79 Å². The number of amides is 1. The number of hydrogen-bond acceptors (Lipinski definition) is 5. The van der Waals surface area contributed by atoms with E-state index in [9.17, 15) is 9.90 Å². The number of nitrogens with one attached hydrogen (secondary N) is 3. The predicted octanol–water partition coefficient (Wildman–Crippen LogP) is 2.10. The number of halogens is 1. The lowest BCUT2D eigenvalue weighted by atomic mass is 10.0. The summed E-state index contributed by atoms with van der Waals surface area (Å²) in [6.45, 7) is 5.31. The van der Waals surface area contributed by atoms with Gasteiger partial charge in [0.25, 0.3) is 5.91 Å². The molecule has 160 valence electrons. The van der Waals surface area contributed by atoms with E-state index in [-0.39, 0.29) is 36.4 Å². The minimum Gasteiger partial charge on any atom is -0.497 e. The molecule has 0 aliphatic heterocycles. The maximum atomic E-state index is 12.1. The van der Waals surface area contributed by atoms with Crippen LogP contribution in [0.2, 0.25) is 0 Å². The molecule has 0 spiro atoms. The maximum Gasteiger partial charge on any atom is 0.251 e. The van der Waals surface area contributed by atoms with E-state index in [1.165, 1.54) is 6.26 Å². The monoisotopic (exact) mass is 516 g/mol. The molecule has 9 heteroatoms. The molecule has 2 rings (SSSR count). The normalized spacial score (nSPS) is 13.0. The summed E-state index contributed by atoms with van der Waals surface area (Å²) in [4.78, 5) is 16.5. The van der Waals surface area contributed by atoms with Crippen LogP contribution in [0.5, 0.6) is 5.75 Å². The van der Waals surface area contributed by atoms with Crippen molar-refractivity contribution >= 4 is 35.8 Å². The summed E-state index contributed by atoms with van der Waals surface area (Å²) < 4.78 is 10.3. The van der Waals surface area contributed by atoms with Crippen LogP contribution in [0, 0.1) is 0 Å². The van der Waals surface area contributed by atoms with Crippen LogP contribution < -0.4 is 20.7 Å². The van der Waals surface area contributed by atoms with Gasteiger partial charge in [-0.2, -0.15) is 0 Å². The molecule has 0 radical (unpaired) electrons. The number of carbonyl (C=O) groups is 1. The summed E-state index contributed by atoms with van der Waals surface area (Å²) in [5.74, 6) is 1.55. The van der Waals surface area contributed by atoms with Crippen molar-refractivity contribution in [3.63, 3.8) is 0 Å². The number of benzene rings is 1. The van der Waals surface area contributed by atoms with Crippen LogP contribution in [-0.4, -0.2) is 50.3 Å². The standard InChI is InChI=1S/C20H28N4O4.HI/c1-4-21-19(24-14-20(2,26)17-6-5-13-28-17)23-12-11-22-18(25)15-7-9-16(27-3)10-8-15;/h5-10,13,26H,4,11-12,14H2,1-3H3,(H,22,25)(H2,21,23,24);1H. The minimum atomic E-state index is -1.20. The third-order valence-electron chi connectivity index (χ3n) is 4.00. The lowest BCUT2D eigenvalue weighted by Gasteiger charge is -2.19. The quantitative estimate of drug-likeness (QED) is 0.176. The van der Waals surface area contributed by atoms with Gasteiger partial charge in [0.2, 0.25) is 0 Å². The molecule has 29 heavy (non-hydrogen) atoms. The van der Waals surface area contributed by atoms with Crippen LogP contribution in [0.1, 0.15) is 30.0 Å². The van der Waals surface area contributed by atoms with Gasteiger partial charge in [0.15, 0.2) is 5.96 Å². The lowest BCUT2D eigenvalue weighted by molar-refractivity contribution is 0.0437. The smallest absolute Gasteiger partial charge is 0.251 e. The van der Waals surface area contributed by atoms with Gasteiger partial charge in [0, 0.05) is 25.2 Å². The summed E-state index contributed by atoms with van der Waals surface area (Å²) in [6, 6.07) is 10.3. The van der Waals surface area contributed by atoms with Crippen molar-refractivity contribution in [1.82, 2.24) is 16.0 Å². The molecule has 1 heterocycles. The van der Waals surface area contributed by atoms with Crippen LogP contribution in [0.3, 0.4) is 0 Å². The lowest BCUT2D eigenvalue weighted by Crippen LogP contribution is -2.42. The summed E-state index contributed by atoms with van der Waals surface area (Å²) >= 11 is 0. The Morgan fingerprint density at radius 1 is 1.17 bits per heavy atom. The third-order valence-corrected chi connectivity index (χ3v) is 4.00. The van der Waals surface area contributed by atoms with E-state index in [2.05, 4.69) is 20.9 Å². The fourth-order valence-corrected chi connectivity index (χ4v) is 2.44. The fraction of sp³-hybridized carbons (Fsp3) is 0.400.